The van der Waals surface area contributed by atoms with Gasteiger partial charge < -0.3 is 0 Å². The zero-order chi connectivity index (χ0) is 12.3. The van der Waals surface area contributed by atoms with Crippen LogP contribution in [0, 0.1) is 25.7 Å². The van der Waals surface area contributed by atoms with Crippen molar-refractivity contribution in [3.8, 4) is 0 Å². The molecule has 0 aliphatic carbocycles. The average molecular weight is 239 g/mol. The highest BCUT2D eigenvalue weighted by molar-refractivity contribution is 6.64. The van der Waals surface area contributed by atoms with Crippen LogP contribution in [0.2, 0.25) is 0 Å². The molecule has 1 nitrogen and oxygen atoms in total. The Bertz CT molecular complexity index is 382. The van der Waals surface area contributed by atoms with Crippen LogP contribution in [-0.4, -0.2) is 5.24 Å². The molecule has 0 bridgehead atoms. The highest BCUT2D eigenvalue weighted by Crippen LogP contribution is 2.22. The first-order valence-electron chi connectivity index (χ1n) is 5.67. The Kier molecular flexibility index (Phi) is 4.55. The fraction of sp³-hybridized carbons (Fsp3) is 0.500. The third-order valence-corrected chi connectivity index (χ3v) is 3.31. The van der Waals surface area contributed by atoms with Crippen LogP contribution in [0.4, 0.5) is 0 Å². The summed E-state index contributed by atoms with van der Waals surface area (Å²) in [5.41, 5.74) is 3.71. The van der Waals surface area contributed by atoms with E-state index in [0.29, 0.717) is 0 Å². The van der Waals surface area contributed by atoms with Gasteiger partial charge in [-0.05, 0) is 48.9 Å². The summed E-state index contributed by atoms with van der Waals surface area (Å²) >= 11 is 5.63. The van der Waals surface area contributed by atoms with Crippen molar-refractivity contribution in [1.29, 1.82) is 0 Å². The van der Waals surface area contributed by atoms with Crippen LogP contribution in [0.25, 0.3) is 0 Å². The summed E-state index contributed by atoms with van der Waals surface area (Å²) in [4.78, 5) is 11.3. The average Bonchev–Trinajstić information content (AvgIpc) is 2.15. The molecule has 0 aliphatic heterocycles. The van der Waals surface area contributed by atoms with Gasteiger partial charge in [-0.15, -0.1) is 0 Å². The van der Waals surface area contributed by atoms with E-state index in [-0.39, 0.29) is 17.1 Å². The molecule has 0 spiro atoms. The van der Waals surface area contributed by atoms with E-state index in [1.807, 2.05) is 13.8 Å². The molecule has 1 aromatic rings. The second-order valence-corrected chi connectivity index (χ2v) is 5.16. The van der Waals surface area contributed by atoms with Gasteiger partial charge in [-0.2, -0.15) is 0 Å². The molecule has 0 heterocycles. The molecule has 0 N–H and O–H groups in total. The molecule has 1 atom stereocenters. The van der Waals surface area contributed by atoms with Gasteiger partial charge in [-0.3, -0.25) is 4.79 Å². The molecule has 0 radical (unpaired) electrons. The number of halogens is 1. The second-order valence-electron chi connectivity index (χ2n) is 4.79. The van der Waals surface area contributed by atoms with Crippen molar-refractivity contribution in [3.05, 3.63) is 34.9 Å². The van der Waals surface area contributed by atoms with Crippen molar-refractivity contribution in [2.24, 2.45) is 11.8 Å². The molecular weight excluding hydrogens is 220 g/mol. The van der Waals surface area contributed by atoms with E-state index in [1.165, 1.54) is 16.7 Å². The Morgan fingerprint density at radius 1 is 1.31 bits per heavy atom. The quantitative estimate of drug-likeness (QED) is 0.728. The van der Waals surface area contributed by atoms with E-state index in [2.05, 4.69) is 32.0 Å². The topological polar surface area (TPSA) is 17.1 Å². The number of aryl methyl sites for hydroxylation is 2. The summed E-state index contributed by atoms with van der Waals surface area (Å²) < 4.78 is 0. The largest absolute Gasteiger partial charge is 0.281 e. The summed E-state index contributed by atoms with van der Waals surface area (Å²) in [6, 6.07) is 6.32. The molecule has 0 saturated carbocycles. The van der Waals surface area contributed by atoms with Gasteiger partial charge in [0.05, 0.1) is 0 Å². The number of hydrogen-bond donors (Lipinski definition) is 0. The number of rotatable bonds is 4. The Labute approximate surface area is 103 Å². The first kappa shape index (κ1) is 13.2. The maximum absolute atomic E-state index is 11.3. The Morgan fingerprint density at radius 3 is 2.38 bits per heavy atom. The summed E-state index contributed by atoms with van der Waals surface area (Å²) in [5, 5.41) is -0.227. The minimum absolute atomic E-state index is 0.0805. The van der Waals surface area contributed by atoms with Crippen molar-refractivity contribution in [3.63, 3.8) is 0 Å². The second kappa shape index (κ2) is 5.49. The smallest absolute Gasteiger partial charge is 0.225 e. The van der Waals surface area contributed by atoms with Crippen molar-refractivity contribution in [1.82, 2.24) is 0 Å². The fourth-order valence-corrected chi connectivity index (χ4v) is 2.22. The lowest BCUT2D eigenvalue weighted by Gasteiger charge is -2.17. The maximum atomic E-state index is 11.3. The highest BCUT2D eigenvalue weighted by atomic mass is 35.5. The van der Waals surface area contributed by atoms with E-state index in [1.54, 1.807) is 0 Å². The molecular formula is C14H19ClO. The van der Waals surface area contributed by atoms with Gasteiger partial charge in [-0.1, -0.05) is 37.6 Å². The maximum Gasteiger partial charge on any atom is 0.225 e. The molecule has 0 aromatic heterocycles. The van der Waals surface area contributed by atoms with E-state index in [9.17, 15) is 4.79 Å². The van der Waals surface area contributed by atoms with Crippen LogP contribution in [0.15, 0.2) is 18.2 Å². The van der Waals surface area contributed by atoms with Gasteiger partial charge in [0.15, 0.2) is 0 Å². The van der Waals surface area contributed by atoms with Crippen LogP contribution in [-0.2, 0) is 11.2 Å². The first-order valence-corrected chi connectivity index (χ1v) is 6.05. The molecule has 1 rings (SSSR count). The minimum Gasteiger partial charge on any atom is -0.281 e. The third kappa shape index (κ3) is 3.34. The third-order valence-electron chi connectivity index (χ3n) is 3.03. The van der Waals surface area contributed by atoms with Gasteiger partial charge >= 0.3 is 0 Å². The molecule has 1 aromatic carbocycles. The zero-order valence-corrected chi connectivity index (χ0v) is 11.1. The molecule has 88 valence electrons. The van der Waals surface area contributed by atoms with Gasteiger partial charge in [-0.25, -0.2) is 0 Å². The lowest BCUT2D eigenvalue weighted by Crippen LogP contribution is -2.19. The SMILES string of the molecule is Cc1ccc(CC(C(=O)Cl)C(C)C)c(C)c1. The van der Waals surface area contributed by atoms with Crippen LogP contribution in [0.5, 0.6) is 0 Å². The van der Waals surface area contributed by atoms with E-state index >= 15 is 0 Å². The molecule has 0 saturated heterocycles. The monoisotopic (exact) mass is 238 g/mol. The summed E-state index contributed by atoms with van der Waals surface area (Å²) in [6.07, 6.45) is 0.742. The Hall–Kier alpha value is -0.820. The number of benzene rings is 1. The number of carbonyl (C=O) groups excluding carboxylic acids is 1. The van der Waals surface area contributed by atoms with Gasteiger partial charge in [0.2, 0.25) is 5.24 Å². The minimum atomic E-state index is -0.227. The normalized spacial score (nSPS) is 12.9. The number of hydrogen-bond acceptors (Lipinski definition) is 1. The van der Waals surface area contributed by atoms with Crippen LogP contribution < -0.4 is 0 Å². The zero-order valence-electron chi connectivity index (χ0n) is 10.4. The van der Waals surface area contributed by atoms with Gasteiger partial charge in [0.1, 0.15) is 0 Å². The van der Waals surface area contributed by atoms with Crippen molar-refractivity contribution < 1.29 is 4.79 Å². The van der Waals surface area contributed by atoms with Crippen LogP contribution in [0.1, 0.15) is 30.5 Å². The lowest BCUT2D eigenvalue weighted by molar-refractivity contribution is -0.116. The number of carbonyl (C=O) groups is 1. The van der Waals surface area contributed by atoms with Gasteiger partial charge in [0.25, 0.3) is 0 Å². The molecule has 1 unspecified atom stereocenters. The molecule has 0 fully saturated rings. The standard InChI is InChI=1S/C14H19ClO/c1-9(2)13(14(15)16)8-12-6-5-10(3)7-11(12)4/h5-7,9,13H,8H2,1-4H3. The van der Waals surface area contributed by atoms with Gasteiger partial charge in [0, 0.05) is 5.92 Å². The molecule has 2 heteroatoms. The first-order chi connectivity index (χ1) is 7.41. The van der Waals surface area contributed by atoms with Crippen molar-refractivity contribution >= 4 is 16.8 Å². The van der Waals surface area contributed by atoms with Crippen molar-refractivity contribution in [2.75, 3.05) is 0 Å². The van der Waals surface area contributed by atoms with E-state index < -0.39 is 0 Å². The lowest BCUT2D eigenvalue weighted by atomic mass is 9.88. The summed E-state index contributed by atoms with van der Waals surface area (Å²) in [5.74, 6) is 0.203. The Morgan fingerprint density at radius 2 is 1.94 bits per heavy atom. The van der Waals surface area contributed by atoms with Crippen LogP contribution >= 0.6 is 11.6 Å². The predicted octanol–water partition coefficient (Wildman–Crippen LogP) is 3.88. The fourth-order valence-electron chi connectivity index (χ4n) is 1.89. The summed E-state index contributed by atoms with van der Waals surface area (Å²) in [6.45, 7) is 8.23. The predicted molar refractivity (Wildman–Crippen MR) is 68.8 cm³/mol. The molecule has 16 heavy (non-hydrogen) atoms. The molecule has 0 amide bonds. The van der Waals surface area contributed by atoms with E-state index in [0.717, 1.165) is 6.42 Å². The highest BCUT2D eigenvalue weighted by Gasteiger charge is 2.21. The van der Waals surface area contributed by atoms with Crippen LogP contribution in [0.3, 0.4) is 0 Å². The van der Waals surface area contributed by atoms with E-state index in [4.69, 9.17) is 11.6 Å². The van der Waals surface area contributed by atoms with Crippen molar-refractivity contribution in [2.45, 2.75) is 34.1 Å². The Balaban J connectivity index is 2.90. The molecule has 0 aliphatic rings. The summed E-state index contributed by atoms with van der Waals surface area (Å²) in [7, 11) is 0.